The zero-order chi connectivity index (χ0) is 11.6. The van der Waals surface area contributed by atoms with Crippen molar-refractivity contribution in [2.75, 3.05) is 5.75 Å². The number of hydrogen-bond donors (Lipinski definition) is 0. The molecular weight excluding hydrogens is 309 g/mol. The first-order valence-electron chi connectivity index (χ1n) is 3.99. The van der Waals surface area contributed by atoms with Crippen molar-refractivity contribution < 1.29 is 47.9 Å². The van der Waals surface area contributed by atoms with E-state index in [0.29, 0.717) is 0 Å². The normalized spacial score (nSPS) is 10.6. The van der Waals surface area contributed by atoms with Crippen LogP contribution in [-0.4, -0.2) is 25.1 Å². The van der Waals surface area contributed by atoms with Gasteiger partial charge in [0.05, 0.1) is 16.6 Å². The third-order valence-electron chi connectivity index (χ3n) is 1.73. The van der Waals surface area contributed by atoms with E-state index in [1.807, 2.05) is 0 Å². The first-order chi connectivity index (χ1) is 6.88. The van der Waals surface area contributed by atoms with Crippen LogP contribution in [0.4, 0.5) is 0 Å². The monoisotopic (exact) mass is 315 g/mol. The number of carboxylic acid groups (broad SMARTS) is 1. The average molecular weight is 316 g/mol. The molecule has 0 saturated carbocycles. The Morgan fingerprint density at radius 3 is 2.50 bits per heavy atom. The Bertz CT molecular complexity index is 503. The van der Waals surface area contributed by atoms with Gasteiger partial charge in [0.2, 0.25) is 0 Å². The number of carbonyl (C=O) groups excluding carboxylic acids is 1. The zero-order valence-corrected chi connectivity index (χ0v) is 13.1. The van der Waals surface area contributed by atoms with Crippen molar-refractivity contribution >= 4 is 31.7 Å². The molecule has 0 unspecified atom stereocenters. The topological polar surface area (TPSA) is 87.2 Å². The van der Waals surface area contributed by atoms with Crippen molar-refractivity contribution in [2.24, 2.45) is 0 Å². The van der Waals surface area contributed by atoms with E-state index in [1.165, 1.54) is 19.1 Å². The Balaban J connectivity index is 0.00000225. The molecule has 0 bridgehead atoms. The van der Waals surface area contributed by atoms with Gasteiger partial charge < -0.3 is 9.90 Å². The molecule has 5 nitrogen and oxygen atoms in total. The Morgan fingerprint density at radius 2 is 2.06 bits per heavy atom. The number of aromatic carboxylic acids is 1. The third kappa shape index (κ3) is 3.53. The van der Waals surface area contributed by atoms with E-state index in [2.05, 4.69) is 20.9 Å². The van der Waals surface area contributed by atoms with E-state index in [0.717, 1.165) is 0 Å². The minimum Gasteiger partial charge on any atom is -0.543 e. The molecule has 0 aliphatic rings. The molecule has 8 heteroatoms. The molecule has 1 aromatic rings. The molecule has 0 N–H and O–H groups in total. The smallest absolute Gasteiger partial charge is 0.543 e. The molecule has 0 fully saturated rings. The van der Waals surface area contributed by atoms with Crippen molar-refractivity contribution in [2.45, 2.75) is 11.8 Å². The van der Waals surface area contributed by atoms with E-state index in [-0.39, 0.29) is 44.8 Å². The van der Waals surface area contributed by atoms with Crippen molar-refractivity contribution in [1.82, 2.24) is 4.98 Å². The SMILES string of the molecule is CCS(=O)(=O)c1ccc(Br)nc1C(=O)[O-].[Na+]. The Kier molecular flexibility index (Phi) is 6.13. The first-order valence-corrected chi connectivity index (χ1v) is 6.43. The number of carboxylic acids is 1. The summed E-state index contributed by atoms with van der Waals surface area (Å²) in [4.78, 5) is 13.9. The fourth-order valence-electron chi connectivity index (χ4n) is 0.975. The molecule has 1 aromatic heterocycles. The molecule has 0 atom stereocenters. The fraction of sp³-hybridized carbons (Fsp3) is 0.250. The summed E-state index contributed by atoms with van der Waals surface area (Å²) in [6, 6.07) is 2.57. The number of hydrogen-bond acceptors (Lipinski definition) is 5. The van der Waals surface area contributed by atoms with Crippen LogP contribution in [0, 0.1) is 0 Å². The molecule has 0 spiro atoms. The summed E-state index contributed by atoms with van der Waals surface area (Å²) >= 11 is 2.96. The molecule has 1 heterocycles. The predicted molar refractivity (Wildman–Crippen MR) is 54.0 cm³/mol. The predicted octanol–water partition coefficient (Wildman–Crippen LogP) is -2.99. The van der Waals surface area contributed by atoms with Gasteiger partial charge in [-0.05, 0) is 28.1 Å². The first kappa shape index (κ1) is 16.1. The number of nitrogens with zero attached hydrogens (tertiary/aromatic N) is 1. The molecule has 16 heavy (non-hydrogen) atoms. The number of rotatable bonds is 3. The maximum absolute atomic E-state index is 11.5. The van der Waals surface area contributed by atoms with Crippen LogP contribution < -0.4 is 34.7 Å². The van der Waals surface area contributed by atoms with Gasteiger partial charge in [0.1, 0.15) is 10.3 Å². The summed E-state index contributed by atoms with van der Waals surface area (Å²) in [7, 11) is -3.59. The molecular formula is C8H7BrNNaO4S. The van der Waals surface area contributed by atoms with Crippen molar-refractivity contribution in [3.05, 3.63) is 22.4 Å². The quantitative estimate of drug-likeness (QED) is 0.438. The average Bonchev–Trinajstić information content (AvgIpc) is 2.17. The van der Waals surface area contributed by atoms with Gasteiger partial charge in [-0.15, -0.1) is 0 Å². The second-order valence-electron chi connectivity index (χ2n) is 2.67. The summed E-state index contributed by atoms with van der Waals surface area (Å²) in [5.74, 6) is -1.79. The second-order valence-corrected chi connectivity index (χ2v) is 5.73. The van der Waals surface area contributed by atoms with Crippen LogP contribution in [0.5, 0.6) is 0 Å². The fourth-order valence-corrected chi connectivity index (χ4v) is 2.29. The van der Waals surface area contributed by atoms with Crippen LogP contribution in [0.3, 0.4) is 0 Å². The summed E-state index contributed by atoms with van der Waals surface area (Å²) in [5, 5.41) is 10.7. The zero-order valence-electron chi connectivity index (χ0n) is 8.73. The summed E-state index contributed by atoms with van der Waals surface area (Å²) in [6.07, 6.45) is 0. The number of sulfone groups is 1. The van der Waals surface area contributed by atoms with E-state index < -0.39 is 21.5 Å². The van der Waals surface area contributed by atoms with E-state index >= 15 is 0 Å². The number of pyridine rings is 1. The van der Waals surface area contributed by atoms with Crippen molar-refractivity contribution in [3.8, 4) is 0 Å². The second kappa shape index (κ2) is 6.11. The molecule has 1 rings (SSSR count). The number of aromatic nitrogens is 1. The van der Waals surface area contributed by atoms with Gasteiger partial charge >= 0.3 is 29.6 Å². The molecule has 0 amide bonds. The summed E-state index contributed by atoms with van der Waals surface area (Å²) in [6.45, 7) is 1.43. The Morgan fingerprint density at radius 1 is 1.50 bits per heavy atom. The molecule has 82 valence electrons. The van der Waals surface area contributed by atoms with Gasteiger partial charge in [0.25, 0.3) is 0 Å². The molecule has 0 saturated heterocycles. The van der Waals surface area contributed by atoms with Gasteiger partial charge in [-0.3, -0.25) is 0 Å². The number of halogens is 1. The van der Waals surface area contributed by atoms with Crippen LogP contribution in [-0.2, 0) is 9.84 Å². The largest absolute Gasteiger partial charge is 1.00 e. The standard InChI is InChI=1S/C8H8BrNO4S.Na/c1-2-15(13,14)5-3-4-6(9)10-7(5)8(11)12;/h3-4H,2H2,1H3,(H,11,12);/q;+1/p-1. The molecule has 0 radical (unpaired) electrons. The Labute approximate surface area is 124 Å². The van der Waals surface area contributed by atoms with Crippen LogP contribution in [0.25, 0.3) is 0 Å². The van der Waals surface area contributed by atoms with Crippen LogP contribution in [0.2, 0.25) is 0 Å². The minimum absolute atomic E-state index is 0. The van der Waals surface area contributed by atoms with E-state index in [4.69, 9.17) is 0 Å². The maximum Gasteiger partial charge on any atom is 1.00 e. The van der Waals surface area contributed by atoms with Gasteiger partial charge in [0, 0.05) is 0 Å². The maximum atomic E-state index is 11.5. The van der Waals surface area contributed by atoms with Crippen molar-refractivity contribution in [3.63, 3.8) is 0 Å². The van der Waals surface area contributed by atoms with Crippen LogP contribution >= 0.6 is 15.9 Å². The van der Waals surface area contributed by atoms with Crippen LogP contribution in [0.1, 0.15) is 17.4 Å². The molecule has 0 aliphatic carbocycles. The Hall–Kier alpha value is 0.0500. The van der Waals surface area contributed by atoms with Crippen molar-refractivity contribution in [1.29, 1.82) is 0 Å². The molecule has 0 aromatic carbocycles. The summed E-state index contributed by atoms with van der Waals surface area (Å²) < 4.78 is 23.2. The van der Waals surface area contributed by atoms with Gasteiger partial charge in [0.15, 0.2) is 9.84 Å². The third-order valence-corrected chi connectivity index (χ3v) is 3.93. The van der Waals surface area contributed by atoms with Gasteiger partial charge in [-0.25, -0.2) is 13.4 Å². The molecule has 0 aliphatic heterocycles. The van der Waals surface area contributed by atoms with Gasteiger partial charge in [-0.2, -0.15) is 0 Å². The minimum atomic E-state index is -3.59. The summed E-state index contributed by atoms with van der Waals surface area (Å²) in [5.41, 5.74) is -0.564. The van der Waals surface area contributed by atoms with Gasteiger partial charge in [-0.1, -0.05) is 6.92 Å². The number of carbonyl (C=O) groups is 1. The van der Waals surface area contributed by atoms with Crippen LogP contribution in [0.15, 0.2) is 21.6 Å². The van der Waals surface area contributed by atoms with E-state index in [1.54, 1.807) is 0 Å². The van der Waals surface area contributed by atoms with E-state index in [9.17, 15) is 18.3 Å².